The number of nitrogens with zero attached hydrogens (tertiary/aromatic N) is 2. The van der Waals surface area contributed by atoms with Crippen LogP contribution in [0.1, 0.15) is 11.4 Å². The number of nitrogens with two attached hydrogens (primary N) is 1. The SMILES string of the molecule is Cc1ccc(N)c(Oc2cccnc2C)n1. The summed E-state index contributed by atoms with van der Waals surface area (Å²) < 4.78 is 5.62. The molecule has 0 aliphatic rings. The lowest BCUT2D eigenvalue weighted by molar-refractivity contribution is 0.458. The van der Waals surface area contributed by atoms with Gasteiger partial charge in [-0.3, -0.25) is 4.98 Å². The third kappa shape index (κ3) is 2.11. The van der Waals surface area contributed by atoms with E-state index in [1.165, 1.54) is 0 Å². The highest BCUT2D eigenvalue weighted by atomic mass is 16.5. The topological polar surface area (TPSA) is 61.0 Å². The second kappa shape index (κ2) is 4.18. The van der Waals surface area contributed by atoms with E-state index in [4.69, 9.17) is 10.5 Å². The summed E-state index contributed by atoms with van der Waals surface area (Å²) in [5.74, 6) is 1.10. The van der Waals surface area contributed by atoms with Crippen molar-refractivity contribution in [1.82, 2.24) is 9.97 Å². The van der Waals surface area contributed by atoms with E-state index in [2.05, 4.69) is 9.97 Å². The molecule has 0 saturated heterocycles. The molecule has 2 heterocycles. The number of anilines is 1. The number of aromatic nitrogens is 2. The molecule has 0 bridgehead atoms. The third-order valence-electron chi connectivity index (χ3n) is 2.19. The molecule has 0 fully saturated rings. The Morgan fingerprint density at radius 2 is 2.00 bits per heavy atom. The number of aryl methyl sites for hydroxylation is 2. The molecule has 0 unspecified atom stereocenters. The largest absolute Gasteiger partial charge is 0.435 e. The lowest BCUT2D eigenvalue weighted by atomic mass is 10.3. The summed E-state index contributed by atoms with van der Waals surface area (Å²) in [5.41, 5.74) is 7.98. The molecule has 2 rings (SSSR count). The highest BCUT2D eigenvalue weighted by Gasteiger charge is 2.06. The van der Waals surface area contributed by atoms with E-state index in [1.807, 2.05) is 32.0 Å². The highest BCUT2D eigenvalue weighted by Crippen LogP contribution is 2.26. The molecule has 0 radical (unpaired) electrons. The summed E-state index contributed by atoms with van der Waals surface area (Å²) in [4.78, 5) is 8.37. The minimum atomic E-state index is 0.427. The summed E-state index contributed by atoms with van der Waals surface area (Å²) in [6, 6.07) is 7.28. The Morgan fingerprint density at radius 3 is 2.75 bits per heavy atom. The van der Waals surface area contributed by atoms with Crippen molar-refractivity contribution in [2.75, 3.05) is 5.73 Å². The van der Waals surface area contributed by atoms with E-state index in [0.717, 1.165) is 11.4 Å². The molecule has 0 aliphatic heterocycles. The van der Waals surface area contributed by atoms with Crippen molar-refractivity contribution in [3.63, 3.8) is 0 Å². The lowest BCUT2D eigenvalue weighted by Gasteiger charge is -2.09. The monoisotopic (exact) mass is 215 g/mol. The van der Waals surface area contributed by atoms with Crippen molar-refractivity contribution < 1.29 is 4.74 Å². The minimum Gasteiger partial charge on any atom is -0.435 e. The molecular formula is C12H13N3O. The first-order chi connectivity index (χ1) is 7.66. The molecular weight excluding hydrogens is 202 g/mol. The molecule has 82 valence electrons. The van der Waals surface area contributed by atoms with Gasteiger partial charge in [0.1, 0.15) is 0 Å². The van der Waals surface area contributed by atoms with Crippen LogP contribution in [-0.4, -0.2) is 9.97 Å². The maximum absolute atomic E-state index is 5.78. The quantitative estimate of drug-likeness (QED) is 0.835. The van der Waals surface area contributed by atoms with Crippen LogP contribution >= 0.6 is 0 Å². The van der Waals surface area contributed by atoms with Gasteiger partial charge < -0.3 is 10.5 Å². The molecule has 0 saturated carbocycles. The summed E-state index contributed by atoms with van der Waals surface area (Å²) in [6.45, 7) is 3.77. The smallest absolute Gasteiger partial charge is 0.242 e. The second-order valence-corrected chi connectivity index (χ2v) is 3.54. The Morgan fingerprint density at radius 1 is 1.19 bits per heavy atom. The van der Waals surface area contributed by atoms with Crippen LogP contribution in [0.4, 0.5) is 5.69 Å². The summed E-state index contributed by atoms with van der Waals surface area (Å²) in [5, 5.41) is 0. The summed E-state index contributed by atoms with van der Waals surface area (Å²) >= 11 is 0. The van der Waals surface area contributed by atoms with Crippen LogP contribution in [0.5, 0.6) is 11.6 Å². The average Bonchev–Trinajstić information content (AvgIpc) is 2.27. The van der Waals surface area contributed by atoms with E-state index in [9.17, 15) is 0 Å². The Balaban J connectivity index is 2.34. The Hall–Kier alpha value is -2.10. The first kappa shape index (κ1) is 10.4. The molecule has 0 aliphatic carbocycles. The fourth-order valence-corrected chi connectivity index (χ4v) is 1.31. The molecule has 4 heteroatoms. The number of pyridine rings is 2. The zero-order chi connectivity index (χ0) is 11.5. The number of rotatable bonds is 2. The maximum Gasteiger partial charge on any atom is 0.242 e. The van der Waals surface area contributed by atoms with Crippen molar-refractivity contribution >= 4 is 5.69 Å². The Labute approximate surface area is 94.1 Å². The van der Waals surface area contributed by atoms with E-state index < -0.39 is 0 Å². The second-order valence-electron chi connectivity index (χ2n) is 3.54. The van der Waals surface area contributed by atoms with Gasteiger partial charge in [-0.1, -0.05) is 0 Å². The summed E-state index contributed by atoms with van der Waals surface area (Å²) in [7, 11) is 0. The van der Waals surface area contributed by atoms with Gasteiger partial charge in [-0.25, -0.2) is 4.98 Å². The number of nitrogen functional groups attached to an aromatic ring is 1. The van der Waals surface area contributed by atoms with Gasteiger partial charge in [0, 0.05) is 11.9 Å². The molecule has 2 aromatic rings. The minimum absolute atomic E-state index is 0.427. The van der Waals surface area contributed by atoms with E-state index in [-0.39, 0.29) is 0 Å². The standard InChI is InChI=1S/C12H13N3O/c1-8-5-6-10(13)12(15-8)16-11-4-3-7-14-9(11)2/h3-7H,13H2,1-2H3. The van der Waals surface area contributed by atoms with Crippen molar-refractivity contribution in [2.45, 2.75) is 13.8 Å². The summed E-state index contributed by atoms with van der Waals surface area (Å²) in [6.07, 6.45) is 1.72. The van der Waals surface area contributed by atoms with Gasteiger partial charge in [-0.15, -0.1) is 0 Å². The van der Waals surface area contributed by atoms with Gasteiger partial charge in [0.15, 0.2) is 5.75 Å². The van der Waals surface area contributed by atoms with E-state index >= 15 is 0 Å². The molecule has 0 aromatic carbocycles. The lowest BCUT2D eigenvalue weighted by Crippen LogP contribution is -1.97. The molecule has 0 amide bonds. The number of hydrogen-bond donors (Lipinski definition) is 1. The van der Waals surface area contributed by atoms with Gasteiger partial charge in [0.25, 0.3) is 0 Å². The fraction of sp³-hybridized carbons (Fsp3) is 0.167. The van der Waals surface area contributed by atoms with Crippen LogP contribution < -0.4 is 10.5 Å². The van der Waals surface area contributed by atoms with E-state index in [0.29, 0.717) is 17.3 Å². The van der Waals surface area contributed by atoms with Crippen LogP contribution in [0.15, 0.2) is 30.5 Å². The zero-order valence-electron chi connectivity index (χ0n) is 9.27. The molecule has 2 aromatic heterocycles. The van der Waals surface area contributed by atoms with Crippen LogP contribution in [0.3, 0.4) is 0 Å². The first-order valence-corrected chi connectivity index (χ1v) is 4.99. The van der Waals surface area contributed by atoms with E-state index in [1.54, 1.807) is 12.3 Å². The predicted octanol–water partition coefficient (Wildman–Crippen LogP) is 2.47. The van der Waals surface area contributed by atoms with Gasteiger partial charge in [0.2, 0.25) is 5.88 Å². The van der Waals surface area contributed by atoms with Crippen molar-refractivity contribution in [1.29, 1.82) is 0 Å². The molecule has 4 nitrogen and oxygen atoms in total. The van der Waals surface area contributed by atoms with Gasteiger partial charge in [-0.2, -0.15) is 0 Å². The van der Waals surface area contributed by atoms with Gasteiger partial charge in [0.05, 0.1) is 11.4 Å². The average molecular weight is 215 g/mol. The van der Waals surface area contributed by atoms with Crippen LogP contribution in [-0.2, 0) is 0 Å². The Kier molecular flexibility index (Phi) is 2.72. The van der Waals surface area contributed by atoms with Crippen molar-refractivity contribution in [2.24, 2.45) is 0 Å². The van der Waals surface area contributed by atoms with Crippen molar-refractivity contribution in [3.8, 4) is 11.6 Å². The molecule has 0 spiro atoms. The maximum atomic E-state index is 5.78. The molecule has 16 heavy (non-hydrogen) atoms. The normalized spacial score (nSPS) is 10.1. The van der Waals surface area contributed by atoms with Gasteiger partial charge >= 0.3 is 0 Å². The molecule has 2 N–H and O–H groups in total. The van der Waals surface area contributed by atoms with Gasteiger partial charge in [-0.05, 0) is 38.1 Å². The van der Waals surface area contributed by atoms with Crippen LogP contribution in [0, 0.1) is 13.8 Å². The van der Waals surface area contributed by atoms with Crippen molar-refractivity contribution in [3.05, 3.63) is 41.9 Å². The predicted molar refractivity (Wildman–Crippen MR) is 62.4 cm³/mol. The van der Waals surface area contributed by atoms with Crippen LogP contribution in [0.25, 0.3) is 0 Å². The number of hydrogen-bond acceptors (Lipinski definition) is 4. The zero-order valence-corrected chi connectivity index (χ0v) is 9.27. The fourth-order valence-electron chi connectivity index (χ4n) is 1.31. The Bertz CT molecular complexity index is 511. The highest BCUT2D eigenvalue weighted by molar-refractivity contribution is 5.50. The number of ether oxygens (including phenoxy) is 1. The molecule has 0 atom stereocenters. The third-order valence-corrected chi connectivity index (χ3v) is 2.19. The first-order valence-electron chi connectivity index (χ1n) is 4.99. The van der Waals surface area contributed by atoms with Crippen LogP contribution in [0.2, 0.25) is 0 Å².